The van der Waals surface area contributed by atoms with E-state index in [1.54, 1.807) is 0 Å². The summed E-state index contributed by atoms with van der Waals surface area (Å²) in [4.78, 5) is 3.06. The molecular formula is C13H12ClF4N3O2S. The number of alkyl halides is 3. The monoisotopic (exact) mass is 385 g/mol. The molecule has 0 N–H and O–H groups in total. The predicted octanol–water partition coefficient (Wildman–Crippen LogP) is 3.06. The van der Waals surface area contributed by atoms with Gasteiger partial charge in [0.05, 0.1) is 11.6 Å². The first-order valence-corrected chi connectivity index (χ1v) is 8.31. The molecule has 0 saturated heterocycles. The minimum Gasteiger partial charge on any atom is -0.325 e. The van der Waals surface area contributed by atoms with Crippen LogP contribution in [0.2, 0.25) is 5.02 Å². The molecule has 0 atom stereocenters. The normalized spacial score (nSPS) is 12.8. The summed E-state index contributed by atoms with van der Waals surface area (Å²) < 4.78 is 77.7. The maximum atomic E-state index is 13.9. The van der Waals surface area contributed by atoms with Crippen LogP contribution in [0.15, 0.2) is 35.5 Å². The van der Waals surface area contributed by atoms with E-state index < -0.39 is 40.0 Å². The highest BCUT2D eigenvalue weighted by molar-refractivity contribution is 7.89. The van der Waals surface area contributed by atoms with Crippen LogP contribution in [0.25, 0.3) is 0 Å². The highest BCUT2D eigenvalue weighted by Crippen LogP contribution is 2.25. The van der Waals surface area contributed by atoms with Crippen LogP contribution in [-0.2, 0) is 23.1 Å². The Hall–Kier alpha value is -1.65. The van der Waals surface area contributed by atoms with Gasteiger partial charge in [0, 0.05) is 19.4 Å². The summed E-state index contributed by atoms with van der Waals surface area (Å²) in [6, 6.07) is 3.47. The van der Waals surface area contributed by atoms with Gasteiger partial charge in [-0.3, -0.25) is 0 Å². The summed E-state index contributed by atoms with van der Waals surface area (Å²) in [5.74, 6) is -1.24. The van der Waals surface area contributed by atoms with Crippen LogP contribution >= 0.6 is 11.6 Å². The zero-order chi connectivity index (χ0) is 18.1. The Morgan fingerprint density at radius 3 is 2.62 bits per heavy atom. The lowest BCUT2D eigenvalue weighted by Crippen LogP contribution is -2.29. The van der Waals surface area contributed by atoms with E-state index in [4.69, 9.17) is 11.6 Å². The topological polar surface area (TPSA) is 55.2 Å². The Balaban J connectivity index is 2.28. The van der Waals surface area contributed by atoms with Crippen LogP contribution in [0.4, 0.5) is 17.6 Å². The fourth-order valence-electron chi connectivity index (χ4n) is 1.96. The van der Waals surface area contributed by atoms with Gasteiger partial charge in [0.15, 0.2) is 5.82 Å². The number of halogens is 5. The van der Waals surface area contributed by atoms with Gasteiger partial charge >= 0.3 is 6.18 Å². The Morgan fingerprint density at radius 1 is 1.33 bits per heavy atom. The molecule has 1 heterocycles. The van der Waals surface area contributed by atoms with Gasteiger partial charge in [0.1, 0.15) is 17.3 Å². The van der Waals surface area contributed by atoms with Gasteiger partial charge in [-0.1, -0.05) is 17.7 Å². The SMILES string of the molecule is CN(Cc1nccn1CC(F)(F)F)S(=O)(=O)c1cccc(Cl)c1F. The van der Waals surface area contributed by atoms with E-state index in [0.717, 1.165) is 30.1 Å². The lowest BCUT2D eigenvalue weighted by Gasteiger charge is -2.18. The fourth-order valence-corrected chi connectivity index (χ4v) is 3.40. The molecule has 2 aromatic rings. The third kappa shape index (κ3) is 4.05. The van der Waals surface area contributed by atoms with Crippen molar-refractivity contribution in [3.63, 3.8) is 0 Å². The van der Waals surface area contributed by atoms with Gasteiger partial charge in [0.2, 0.25) is 10.0 Å². The van der Waals surface area contributed by atoms with Crippen molar-refractivity contribution in [2.45, 2.75) is 24.2 Å². The summed E-state index contributed by atoms with van der Waals surface area (Å²) in [6.45, 7) is -1.76. The minimum atomic E-state index is -4.48. The molecule has 2 rings (SSSR count). The largest absolute Gasteiger partial charge is 0.406 e. The molecular weight excluding hydrogens is 374 g/mol. The Morgan fingerprint density at radius 2 is 2.00 bits per heavy atom. The number of rotatable bonds is 5. The van der Waals surface area contributed by atoms with Crippen LogP contribution in [0.1, 0.15) is 5.82 Å². The minimum absolute atomic E-state index is 0.124. The van der Waals surface area contributed by atoms with Crippen LogP contribution in [-0.4, -0.2) is 35.5 Å². The van der Waals surface area contributed by atoms with Crippen molar-refractivity contribution < 1.29 is 26.0 Å². The summed E-state index contributed by atoms with van der Waals surface area (Å²) >= 11 is 5.57. The van der Waals surface area contributed by atoms with Gasteiger partial charge < -0.3 is 4.57 Å². The molecule has 0 aliphatic heterocycles. The maximum absolute atomic E-state index is 13.9. The molecule has 1 aromatic carbocycles. The lowest BCUT2D eigenvalue weighted by atomic mass is 10.3. The van der Waals surface area contributed by atoms with Crippen LogP contribution in [0, 0.1) is 5.82 Å². The van der Waals surface area contributed by atoms with Crippen molar-refractivity contribution in [3.8, 4) is 0 Å². The number of sulfonamides is 1. The second-order valence-corrected chi connectivity index (χ2v) is 7.32. The molecule has 0 radical (unpaired) electrons. The molecule has 132 valence electrons. The predicted molar refractivity (Wildman–Crippen MR) is 78.3 cm³/mol. The third-order valence-corrected chi connectivity index (χ3v) is 5.23. The molecule has 0 unspecified atom stereocenters. The van der Waals surface area contributed by atoms with Gasteiger partial charge in [-0.15, -0.1) is 0 Å². The van der Waals surface area contributed by atoms with E-state index in [0.29, 0.717) is 4.31 Å². The number of hydrogen-bond acceptors (Lipinski definition) is 3. The highest BCUT2D eigenvalue weighted by Gasteiger charge is 2.30. The number of benzene rings is 1. The average molecular weight is 386 g/mol. The average Bonchev–Trinajstić information content (AvgIpc) is 2.86. The van der Waals surface area contributed by atoms with Crippen molar-refractivity contribution in [2.75, 3.05) is 7.05 Å². The molecule has 0 spiro atoms. The standard InChI is InChI=1S/C13H12ClF4N3O2S/c1-20(7-11-19-5-6-21(11)8-13(16,17)18)24(22,23)10-4-2-3-9(14)12(10)15/h2-6H,7-8H2,1H3. The molecule has 0 saturated carbocycles. The molecule has 0 amide bonds. The van der Waals surface area contributed by atoms with Gasteiger partial charge in [-0.05, 0) is 12.1 Å². The van der Waals surface area contributed by atoms with E-state index in [2.05, 4.69) is 4.98 Å². The molecule has 11 heteroatoms. The Labute approximate surface area is 140 Å². The summed E-state index contributed by atoms with van der Waals surface area (Å²) in [5, 5.41) is -0.372. The fraction of sp³-hybridized carbons (Fsp3) is 0.308. The van der Waals surface area contributed by atoms with Crippen molar-refractivity contribution in [1.29, 1.82) is 0 Å². The summed E-state index contributed by atoms with van der Waals surface area (Å²) in [7, 11) is -3.18. The molecule has 5 nitrogen and oxygen atoms in total. The Kier molecular flexibility index (Phi) is 5.21. The first kappa shape index (κ1) is 18.7. The summed E-state index contributed by atoms with van der Waals surface area (Å²) in [5.41, 5.74) is 0. The first-order valence-electron chi connectivity index (χ1n) is 6.49. The number of aromatic nitrogens is 2. The van der Waals surface area contributed by atoms with Crippen molar-refractivity contribution >= 4 is 21.6 Å². The molecule has 0 aliphatic carbocycles. The molecule has 1 aromatic heterocycles. The van der Waals surface area contributed by atoms with Crippen molar-refractivity contribution in [2.24, 2.45) is 0 Å². The van der Waals surface area contributed by atoms with E-state index in [1.807, 2.05) is 0 Å². The van der Waals surface area contributed by atoms with E-state index in [9.17, 15) is 26.0 Å². The lowest BCUT2D eigenvalue weighted by molar-refractivity contribution is -0.141. The maximum Gasteiger partial charge on any atom is 0.406 e. The third-order valence-electron chi connectivity index (χ3n) is 3.12. The highest BCUT2D eigenvalue weighted by atomic mass is 35.5. The molecule has 0 fully saturated rings. The van der Waals surface area contributed by atoms with E-state index in [1.165, 1.54) is 12.1 Å². The molecule has 24 heavy (non-hydrogen) atoms. The summed E-state index contributed by atoms with van der Waals surface area (Å²) in [6.07, 6.45) is -2.27. The van der Waals surface area contributed by atoms with Gasteiger partial charge in [-0.2, -0.15) is 17.5 Å². The number of hydrogen-bond donors (Lipinski definition) is 0. The molecule has 0 bridgehead atoms. The smallest absolute Gasteiger partial charge is 0.325 e. The first-order chi connectivity index (χ1) is 11.0. The quantitative estimate of drug-likeness (QED) is 0.743. The van der Waals surface area contributed by atoms with Gasteiger partial charge in [0.25, 0.3) is 0 Å². The second-order valence-electron chi connectivity index (χ2n) is 4.90. The van der Waals surface area contributed by atoms with E-state index in [-0.39, 0.29) is 10.8 Å². The van der Waals surface area contributed by atoms with Crippen LogP contribution in [0.3, 0.4) is 0 Å². The van der Waals surface area contributed by atoms with Gasteiger partial charge in [-0.25, -0.2) is 17.8 Å². The zero-order valence-corrected chi connectivity index (χ0v) is 13.8. The zero-order valence-electron chi connectivity index (χ0n) is 12.3. The number of nitrogens with zero attached hydrogens (tertiary/aromatic N) is 3. The van der Waals surface area contributed by atoms with Crippen LogP contribution < -0.4 is 0 Å². The van der Waals surface area contributed by atoms with E-state index >= 15 is 0 Å². The molecule has 0 aliphatic rings. The van der Waals surface area contributed by atoms with Crippen LogP contribution in [0.5, 0.6) is 0 Å². The Bertz CT molecular complexity index is 836. The number of imidazole rings is 1. The second kappa shape index (κ2) is 6.69. The van der Waals surface area contributed by atoms with Crippen molar-refractivity contribution in [3.05, 3.63) is 47.3 Å². The van der Waals surface area contributed by atoms with Crippen molar-refractivity contribution in [1.82, 2.24) is 13.9 Å².